The van der Waals surface area contributed by atoms with Gasteiger partial charge in [0.25, 0.3) is 0 Å². The van der Waals surface area contributed by atoms with Crippen LogP contribution in [0.1, 0.15) is 52.4 Å². The van der Waals surface area contributed by atoms with Gasteiger partial charge in [-0.3, -0.25) is 4.90 Å². The molecule has 1 saturated heterocycles. The molecule has 0 aromatic carbocycles. The smallest absolute Gasteiger partial charge is 0.0221 e. The van der Waals surface area contributed by atoms with Crippen molar-refractivity contribution in [2.45, 2.75) is 64.5 Å². The van der Waals surface area contributed by atoms with Crippen LogP contribution in [0.3, 0.4) is 0 Å². The second-order valence-corrected chi connectivity index (χ2v) is 4.47. The summed E-state index contributed by atoms with van der Waals surface area (Å²) in [5.74, 6) is 0. The fourth-order valence-electron chi connectivity index (χ4n) is 2.64. The first kappa shape index (κ1) is 12.0. The topological polar surface area (TPSA) is 29.3 Å². The maximum absolute atomic E-state index is 5.80. The van der Waals surface area contributed by atoms with E-state index in [9.17, 15) is 0 Å². The highest BCUT2D eigenvalue weighted by Gasteiger charge is 2.28. The van der Waals surface area contributed by atoms with Gasteiger partial charge in [-0.2, -0.15) is 0 Å². The van der Waals surface area contributed by atoms with E-state index in [1.807, 2.05) is 0 Å². The predicted octanol–water partition coefficient (Wildman–Crippen LogP) is 2.38. The first-order valence-corrected chi connectivity index (χ1v) is 6.29. The minimum absolute atomic E-state index is 0.678. The Hall–Kier alpha value is -0.0800. The Balaban J connectivity index is 2.41. The van der Waals surface area contributed by atoms with Gasteiger partial charge < -0.3 is 5.73 Å². The Kier molecular flexibility index (Phi) is 5.49. The normalized spacial score (nSPS) is 25.5. The van der Waals surface area contributed by atoms with Crippen molar-refractivity contribution in [3.63, 3.8) is 0 Å². The Morgan fingerprint density at radius 1 is 1.43 bits per heavy atom. The average Bonchev–Trinajstić information content (AvgIpc) is 2.67. The Bertz CT molecular complexity index is 147. The van der Waals surface area contributed by atoms with Crippen LogP contribution in [0.2, 0.25) is 0 Å². The molecule has 0 aromatic rings. The van der Waals surface area contributed by atoms with Gasteiger partial charge in [-0.05, 0) is 32.2 Å². The summed E-state index contributed by atoms with van der Waals surface area (Å²) < 4.78 is 0. The third kappa shape index (κ3) is 2.96. The van der Waals surface area contributed by atoms with E-state index < -0.39 is 0 Å². The molecule has 2 atom stereocenters. The zero-order chi connectivity index (χ0) is 10.4. The van der Waals surface area contributed by atoms with Crippen LogP contribution in [0.5, 0.6) is 0 Å². The fourth-order valence-corrected chi connectivity index (χ4v) is 2.64. The van der Waals surface area contributed by atoms with E-state index in [-0.39, 0.29) is 0 Å². The van der Waals surface area contributed by atoms with E-state index in [4.69, 9.17) is 5.73 Å². The second kappa shape index (κ2) is 6.41. The Morgan fingerprint density at radius 2 is 2.21 bits per heavy atom. The summed E-state index contributed by atoms with van der Waals surface area (Å²) in [6.07, 6.45) is 8.01. The number of hydrogen-bond acceptors (Lipinski definition) is 2. The number of rotatable bonds is 6. The molecule has 0 aliphatic carbocycles. The summed E-state index contributed by atoms with van der Waals surface area (Å²) in [7, 11) is 0. The quantitative estimate of drug-likeness (QED) is 0.710. The summed E-state index contributed by atoms with van der Waals surface area (Å²) in [5, 5.41) is 0. The van der Waals surface area contributed by atoms with Crippen LogP contribution < -0.4 is 5.73 Å². The first-order valence-electron chi connectivity index (χ1n) is 6.29. The molecular weight excluding hydrogens is 172 g/mol. The molecule has 2 unspecified atom stereocenters. The van der Waals surface area contributed by atoms with Gasteiger partial charge in [0.2, 0.25) is 0 Å². The molecule has 2 nitrogen and oxygen atoms in total. The number of likely N-dealkylation sites (tertiary alicyclic amines) is 1. The van der Waals surface area contributed by atoms with Crippen LogP contribution in [0.4, 0.5) is 0 Å². The van der Waals surface area contributed by atoms with Crippen LogP contribution in [0.25, 0.3) is 0 Å². The van der Waals surface area contributed by atoms with Gasteiger partial charge in [-0.1, -0.05) is 26.7 Å². The standard InChI is InChI=1S/C12H26N2/c1-3-5-7-11(4-2)14-9-6-8-12(14)10-13/h11-12H,3-10,13H2,1-2H3. The van der Waals surface area contributed by atoms with Crippen molar-refractivity contribution in [1.82, 2.24) is 4.90 Å². The minimum atomic E-state index is 0.678. The number of nitrogens with two attached hydrogens (primary N) is 1. The van der Waals surface area contributed by atoms with E-state index in [1.165, 1.54) is 45.1 Å². The summed E-state index contributed by atoms with van der Waals surface area (Å²) in [6.45, 7) is 6.72. The molecule has 0 saturated carbocycles. The molecule has 0 spiro atoms. The largest absolute Gasteiger partial charge is 0.329 e. The van der Waals surface area contributed by atoms with Gasteiger partial charge in [0, 0.05) is 18.6 Å². The van der Waals surface area contributed by atoms with Crippen molar-refractivity contribution in [3.05, 3.63) is 0 Å². The highest BCUT2D eigenvalue weighted by molar-refractivity contribution is 4.84. The van der Waals surface area contributed by atoms with E-state index in [0.29, 0.717) is 6.04 Å². The van der Waals surface area contributed by atoms with Crippen molar-refractivity contribution >= 4 is 0 Å². The monoisotopic (exact) mass is 198 g/mol. The van der Waals surface area contributed by atoms with Crippen molar-refractivity contribution < 1.29 is 0 Å². The van der Waals surface area contributed by atoms with Crippen molar-refractivity contribution in [1.29, 1.82) is 0 Å². The van der Waals surface area contributed by atoms with E-state index >= 15 is 0 Å². The molecule has 14 heavy (non-hydrogen) atoms. The number of hydrogen-bond donors (Lipinski definition) is 1. The SMILES string of the molecule is CCCCC(CC)N1CCCC1CN. The highest BCUT2D eigenvalue weighted by Crippen LogP contribution is 2.23. The first-order chi connectivity index (χ1) is 6.83. The molecule has 2 heteroatoms. The second-order valence-electron chi connectivity index (χ2n) is 4.47. The molecule has 0 aromatic heterocycles. The van der Waals surface area contributed by atoms with Crippen LogP contribution in [0, 0.1) is 0 Å². The van der Waals surface area contributed by atoms with Crippen molar-refractivity contribution in [2.24, 2.45) is 5.73 Å². The lowest BCUT2D eigenvalue weighted by atomic mass is 10.0. The lowest BCUT2D eigenvalue weighted by molar-refractivity contribution is 0.166. The molecule has 2 N–H and O–H groups in total. The molecule has 1 heterocycles. The van der Waals surface area contributed by atoms with E-state index in [1.54, 1.807) is 0 Å². The molecule has 1 rings (SSSR count). The van der Waals surface area contributed by atoms with Gasteiger partial charge in [0.1, 0.15) is 0 Å². The molecule has 1 aliphatic heterocycles. The third-order valence-corrected chi connectivity index (χ3v) is 3.53. The van der Waals surface area contributed by atoms with Crippen LogP contribution in [-0.2, 0) is 0 Å². The molecule has 0 radical (unpaired) electrons. The zero-order valence-electron chi connectivity index (χ0n) is 9.84. The highest BCUT2D eigenvalue weighted by atomic mass is 15.2. The zero-order valence-corrected chi connectivity index (χ0v) is 9.84. The van der Waals surface area contributed by atoms with Gasteiger partial charge in [0.15, 0.2) is 0 Å². The molecule has 0 bridgehead atoms. The van der Waals surface area contributed by atoms with Crippen LogP contribution in [-0.4, -0.2) is 30.1 Å². The summed E-state index contributed by atoms with van der Waals surface area (Å²) in [6, 6.07) is 1.47. The lowest BCUT2D eigenvalue weighted by Gasteiger charge is -2.32. The number of unbranched alkanes of at least 4 members (excludes halogenated alkanes) is 1. The summed E-state index contributed by atoms with van der Waals surface area (Å²) in [5.41, 5.74) is 5.80. The molecule has 84 valence electrons. The Morgan fingerprint density at radius 3 is 2.79 bits per heavy atom. The van der Waals surface area contributed by atoms with Crippen LogP contribution in [0.15, 0.2) is 0 Å². The Labute approximate surface area is 88.8 Å². The predicted molar refractivity (Wildman–Crippen MR) is 62.4 cm³/mol. The summed E-state index contributed by atoms with van der Waals surface area (Å²) in [4.78, 5) is 2.66. The van der Waals surface area contributed by atoms with Gasteiger partial charge in [-0.25, -0.2) is 0 Å². The van der Waals surface area contributed by atoms with Gasteiger partial charge >= 0.3 is 0 Å². The van der Waals surface area contributed by atoms with Crippen molar-refractivity contribution in [2.75, 3.05) is 13.1 Å². The van der Waals surface area contributed by atoms with Crippen LogP contribution >= 0.6 is 0 Å². The van der Waals surface area contributed by atoms with E-state index in [2.05, 4.69) is 18.7 Å². The molecule has 0 amide bonds. The lowest BCUT2D eigenvalue weighted by Crippen LogP contribution is -2.42. The maximum atomic E-state index is 5.80. The fraction of sp³-hybridized carbons (Fsp3) is 1.00. The maximum Gasteiger partial charge on any atom is 0.0221 e. The minimum Gasteiger partial charge on any atom is -0.329 e. The van der Waals surface area contributed by atoms with Crippen molar-refractivity contribution in [3.8, 4) is 0 Å². The molecular formula is C12H26N2. The number of nitrogens with zero attached hydrogens (tertiary/aromatic N) is 1. The third-order valence-electron chi connectivity index (χ3n) is 3.53. The van der Waals surface area contributed by atoms with Gasteiger partial charge in [-0.15, -0.1) is 0 Å². The summed E-state index contributed by atoms with van der Waals surface area (Å²) >= 11 is 0. The average molecular weight is 198 g/mol. The molecule has 1 aliphatic rings. The molecule has 1 fully saturated rings. The van der Waals surface area contributed by atoms with Gasteiger partial charge in [0.05, 0.1) is 0 Å². The van der Waals surface area contributed by atoms with E-state index in [0.717, 1.165) is 12.6 Å².